The molecule has 35 heavy (non-hydrogen) atoms. The van der Waals surface area contributed by atoms with E-state index in [0.29, 0.717) is 34.2 Å². The Hall–Kier alpha value is -3.91. The molecule has 2 N–H and O–H groups in total. The van der Waals surface area contributed by atoms with Gasteiger partial charge in [-0.05, 0) is 54.5 Å². The van der Waals surface area contributed by atoms with Gasteiger partial charge in [0.1, 0.15) is 5.82 Å². The largest absolute Gasteiger partial charge is 0.454 e. The second-order valence-corrected chi connectivity index (χ2v) is 8.87. The van der Waals surface area contributed by atoms with Crippen molar-refractivity contribution < 1.29 is 13.9 Å². The van der Waals surface area contributed by atoms with E-state index in [-0.39, 0.29) is 30.8 Å². The number of thiocarbonyl (C=S) groups is 1. The number of H-pyrrole nitrogens is 1. The molecule has 1 aliphatic heterocycles. The molecule has 0 spiro atoms. The molecule has 0 bridgehead atoms. The van der Waals surface area contributed by atoms with Gasteiger partial charge in [-0.2, -0.15) is 0 Å². The third-order valence-electron chi connectivity index (χ3n) is 5.99. The van der Waals surface area contributed by atoms with E-state index < -0.39 is 0 Å². The minimum absolute atomic E-state index is 0.0333. The van der Waals surface area contributed by atoms with Gasteiger partial charge in [-0.25, -0.2) is 4.39 Å². The Balaban J connectivity index is 1.44. The predicted molar refractivity (Wildman–Crippen MR) is 137 cm³/mol. The maximum Gasteiger partial charge on any atom is 0.253 e. The fraction of sp³-hybridized carbons (Fsp3) is 0.185. The summed E-state index contributed by atoms with van der Waals surface area (Å²) in [7, 11) is 0. The Kier molecular flexibility index (Phi) is 6.37. The lowest BCUT2D eigenvalue weighted by molar-refractivity contribution is 0.174. The fourth-order valence-electron chi connectivity index (χ4n) is 4.08. The quantitative estimate of drug-likeness (QED) is 0.370. The molecule has 2 heterocycles. The van der Waals surface area contributed by atoms with Crippen molar-refractivity contribution >= 4 is 28.2 Å². The first-order valence-corrected chi connectivity index (χ1v) is 11.7. The molecule has 0 radical (unpaired) electrons. The second kappa shape index (κ2) is 9.76. The van der Waals surface area contributed by atoms with Gasteiger partial charge in [-0.3, -0.25) is 4.79 Å². The SMILES string of the molecule is CC(NC(=S)N(Cc1ccc(F)cc1)Cc1cc2cc3c(cc2[nH]c1=O)OCO3)c1ccccc1. The van der Waals surface area contributed by atoms with Gasteiger partial charge >= 0.3 is 0 Å². The van der Waals surface area contributed by atoms with Crippen molar-refractivity contribution in [2.24, 2.45) is 0 Å². The van der Waals surface area contributed by atoms with E-state index in [1.54, 1.807) is 18.2 Å². The average Bonchev–Trinajstić information content (AvgIpc) is 3.31. The molecule has 1 atom stereocenters. The van der Waals surface area contributed by atoms with Gasteiger partial charge in [0.2, 0.25) is 6.79 Å². The molecular weight excluding hydrogens is 465 g/mol. The minimum atomic E-state index is -0.302. The highest BCUT2D eigenvalue weighted by Gasteiger charge is 2.19. The Labute approximate surface area is 207 Å². The van der Waals surface area contributed by atoms with E-state index in [4.69, 9.17) is 21.7 Å². The highest BCUT2D eigenvalue weighted by Crippen LogP contribution is 2.35. The number of fused-ring (bicyclic) bond motifs is 2. The van der Waals surface area contributed by atoms with Crippen LogP contribution < -0.4 is 20.3 Å². The number of aromatic nitrogens is 1. The van der Waals surface area contributed by atoms with Crippen LogP contribution in [0.15, 0.2) is 77.6 Å². The van der Waals surface area contributed by atoms with Gasteiger partial charge in [0.25, 0.3) is 5.56 Å². The van der Waals surface area contributed by atoms with Crippen molar-refractivity contribution in [3.8, 4) is 11.5 Å². The molecule has 5 rings (SSSR count). The van der Waals surface area contributed by atoms with Crippen LogP contribution in [0.2, 0.25) is 0 Å². The Morgan fingerprint density at radius 1 is 1.06 bits per heavy atom. The summed E-state index contributed by atoms with van der Waals surface area (Å²) in [5.41, 5.74) is 2.99. The zero-order chi connectivity index (χ0) is 24.4. The molecule has 0 amide bonds. The van der Waals surface area contributed by atoms with Crippen LogP contribution >= 0.6 is 12.2 Å². The van der Waals surface area contributed by atoms with E-state index in [9.17, 15) is 9.18 Å². The normalized spacial score (nSPS) is 13.0. The Bertz CT molecular complexity index is 1420. The number of halogens is 1. The zero-order valence-corrected chi connectivity index (χ0v) is 19.9. The Morgan fingerprint density at radius 3 is 2.51 bits per heavy atom. The maximum atomic E-state index is 13.5. The first-order valence-electron chi connectivity index (χ1n) is 11.3. The third-order valence-corrected chi connectivity index (χ3v) is 6.37. The monoisotopic (exact) mass is 489 g/mol. The highest BCUT2D eigenvalue weighted by atomic mass is 32.1. The van der Waals surface area contributed by atoms with Crippen LogP contribution in [-0.4, -0.2) is 21.8 Å². The van der Waals surface area contributed by atoms with Crippen molar-refractivity contribution in [3.63, 3.8) is 0 Å². The molecule has 1 aromatic heterocycles. The number of pyridine rings is 1. The van der Waals surface area contributed by atoms with Crippen molar-refractivity contribution in [1.29, 1.82) is 0 Å². The van der Waals surface area contributed by atoms with Gasteiger partial charge in [-0.1, -0.05) is 42.5 Å². The van der Waals surface area contributed by atoms with Crippen LogP contribution in [0.3, 0.4) is 0 Å². The topological polar surface area (TPSA) is 66.6 Å². The third kappa shape index (κ3) is 5.12. The minimum Gasteiger partial charge on any atom is -0.454 e. The molecular formula is C27H24FN3O3S. The average molecular weight is 490 g/mol. The van der Waals surface area contributed by atoms with Crippen molar-refractivity contribution in [2.45, 2.75) is 26.1 Å². The fourth-order valence-corrected chi connectivity index (χ4v) is 4.38. The summed E-state index contributed by atoms with van der Waals surface area (Å²) in [4.78, 5) is 17.8. The summed E-state index contributed by atoms with van der Waals surface area (Å²) in [5.74, 6) is 0.954. The standard InChI is InChI=1S/C27H24FN3O3S/c1-17(19-5-3-2-4-6-19)29-27(35)31(14-18-7-9-22(28)10-8-18)15-21-11-20-12-24-25(34-16-33-24)13-23(20)30-26(21)32/h2-13,17H,14-16H2,1H3,(H,29,35)(H,30,32). The summed E-state index contributed by atoms with van der Waals surface area (Å²) in [6.45, 7) is 2.87. The summed E-state index contributed by atoms with van der Waals surface area (Å²) >= 11 is 5.77. The molecule has 178 valence electrons. The zero-order valence-electron chi connectivity index (χ0n) is 19.1. The van der Waals surface area contributed by atoms with E-state index in [1.807, 2.05) is 54.3 Å². The number of rotatable bonds is 6. The second-order valence-electron chi connectivity index (χ2n) is 8.48. The summed E-state index contributed by atoms with van der Waals surface area (Å²) < 4.78 is 24.4. The lowest BCUT2D eigenvalue weighted by Crippen LogP contribution is -2.41. The molecule has 0 saturated heterocycles. The van der Waals surface area contributed by atoms with Gasteiger partial charge in [0, 0.05) is 23.6 Å². The number of nitrogens with one attached hydrogen (secondary N) is 2. The molecule has 8 heteroatoms. The lowest BCUT2D eigenvalue weighted by Gasteiger charge is -2.28. The van der Waals surface area contributed by atoms with Crippen molar-refractivity contribution in [1.82, 2.24) is 15.2 Å². The number of aromatic amines is 1. The smallest absolute Gasteiger partial charge is 0.253 e. The van der Waals surface area contributed by atoms with Gasteiger partial charge in [0.05, 0.1) is 18.1 Å². The van der Waals surface area contributed by atoms with Crippen LogP contribution in [0.1, 0.15) is 29.7 Å². The summed E-state index contributed by atoms with van der Waals surface area (Å²) in [6.07, 6.45) is 0. The first-order chi connectivity index (χ1) is 17.0. The number of hydrogen-bond donors (Lipinski definition) is 2. The molecule has 6 nitrogen and oxygen atoms in total. The van der Waals surface area contributed by atoms with Crippen LogP contribution in [0.4, 0.5) is 4.39 Å². The molecule has 0 saturated carbocycles. The van der Waals surface area contributed by atoms with E-state index in [2.05, 4.69) is 10.3 Å². The molecule has 4 aromatic rings. The molecule has 0 fully saturated rings. The van der Waals surface area contributed by atoms with Crippen LogP contribution in [0.25, 0.3) is 10.9 Å². The van der Waals surface area contributed by atoms with Gasteiger partial charge < -0.3 is 24.7 Å². The van der Waals surface area contributed by atoms with Crippen molar-refractivity contribution in [3.05, 3.63) is 106 Å². The molecule has 3 aromatic carbocycles. The number of nitrogens with zero attached hydrogens (tertiary/aromatic N) is 1. The number of ether oxygens (including phenoxy) is 2. The van der Waals surface area contributed by atoms with E-state index in [0.717, 1.165) is 16.5 Å². The van der Waals surface area contributed by atoms with Crippen LogP contribution in [-0.2, 0) is 13.1 Å². The van der Waals surface area contributed by atoms with Crippen LogP contribution in [0, 0.1) is 5.82 Å². The molecule has 1 aliphatic rings. The maximum absolute atomic E-state index is 13.5. The van der Waals surface area contributed by atoms with E-state index in [1.165, 1.54) is 12.1 Å². The highest BCUT2D eigenvalue weighted by molar-refractivity contribution is 7.80. The number of hydrogen-bond acceptors (Lipinski definition) is 4. The van der Waals surface area contributed by atoms with Gasteiger partial charge in [0.15, 0.2) is 16.6 Å². The lowest BCUT2D eigenvalue weighted by atomic mass is 10.1. The summed E-state index contributed by atoms with van der Waals surface area (Å²) in [5, 5.41) is 4.70. The predicted octanol–water partition coefficient (Wildman–Crippen LogP) is 5.03. The van der Waals surface area contributed by atoms with E-state index >= 15 is 0 Å². The van der Waals surface area contributed by atoms with Crippen LogP contribution in [0.5, 0.6) is 11.5 Å². The summed E-state index contributed by atoms with van der Waals surface area (Å²) in [6, 6.07) is 21.7. The van der Waals surface area contributed by atoms with Gasteiger partial charge in [-0.15, -0.1) is 0 Å². The Morgan fingerprint density at radius 2 is 1.77 bits per heavy atom. The van der Waals surface area contributed by atoms with Crippen molar-refractivity contribution in [2.75, 3.05) is 6.79 Å². The number of benzene rings is 3. The first kappa shape index (κ1) is 22.9. The molecule has 0 aliphatic carbocycles. The molecule has 1 unspecified atom stereocenters.